The monoisotopic (exact) mass is 339 g/mol. The molecule has 0 aliphatic carbocycles. The van der Waals surface area contributed by atoms with Gasteiger partial charge in [-0.3, -0.25) is 0 Å². The number of nitrogens with one attached hydrogen (secondary N) is 1. The van der Waals surface area contributed by atoms with Crippen LogP contribution < -0.4 is 4.72 Å². The molecule has 0 bridgehead atoms. The van der Waals surface area contributed by atoms with Gasteiger partial charge in [-0.1, -0.05) is 0 Å². The molecule has 0 saturated carbocycles. The van der Waals surface area contributed by atoms with Crippen molar-refractivity contribution in [3.05, 3.63) is 14.7 Å². The number of ether oxygens (including phenoxy) is 1. The summed E-state index contributed by atoms with van der Waals surface area (Å²) in [6.07, 6.45) is 0.705. The van der Waals surface area contributed by atoms with E-state index in [-0.39, 0.29) is 0 Å². The molecule has 1 aromatic heterocycles. The molecule has 1 fully saturated rings. The molecule has 0 amide bonds. The number of sulfonamides is 1. The van der Waals surface area contributed by atoms with Gasteiger partial charge in [-0.2, -0.15) is 0 Å². The van der Waals surface area contributed by atoms with Gasteiger partial charge in [-0.15, -0.1) is 11.3 Å². The largest absolute Gasteiger partial charge is 0.379 e. The average Bonchev–Trinajstić information content (AvgIpc) is 2.72. The molecular formula is C10H14BrNO3S2. The van der Waals surface area contributed by atoms with Gasteiger partial charge < -0.3 is 4.74 Å². The molecule has 2 rings (SSSR count). The molecule has 1 unspecified atom stereocenters. The fraction of sp³-hybridized carbons (Fsp3) is 0.600. The lowest BCUT2D eigenvalue weighted by atomic mass is 10.0. The van der Waals surface area contributed by atoms with Crippen molar-refractivity contribution in [1.82, 2.24) is 4.72 Å². The topological polar surface area (TPSA) is 55.4 Å². The van der Waals surface area contributed by atoms with Crippen molar-refractivity contribution in [2.75, 3.05) is 13.2 Å². The van der Waals surface area contributed by atoms with Gasteiger partial charge in [0.2, 0.25) is 10.0 Å². The Morgan fingerprint density at radius 1 is 1.59 bits per heavy atom. The molecule has 0 radical (unpaired) electrons. The van der Waals surface area contributed by atoms with E-state index in [1.165, 1.54) is 11.3 Å². The number of hydrogen-bond donors (Lipinski definition) is 1. The zero-order valence-corrected chi connectivity index (χ0v) is 12.8. The van der Waals surface area contributed by atoms with Gasteiger partial charge in [0.05, 0.1) is 20.8 Å². The van der Waals surface area contributed by atoms with Gasteiger partial charge in [-0.25, -0.2) is 13.1 Å². The van der Waals surface area contributed by atoms with Gasteiger partial charge >= 0.3 is 0 Å². The van der Waals surface area contributed by atoms with Crippen LogP contribution in [0.4, 0.5) is 0 Å². The zero-order valence-electron chi connectivity index (χ0n) is 9.62. The molecule has 7 heteroatoms. The Morgan fingerprint density at radius 2 is 2.29 bits per heavy atom. The first-order valence-electron chi connectivity index (χ1n) is 5.20. The van der Waals surface area contributed by atoms with E-state index in [0.717, 1.165) is 8.66 Å². The molecule has 2 heterocycles. The van der Waals surface area contributed by atoms with Gasteiger partial charge in [0.1, 0.15) is 0 Å². The van der Waals surface area contributed by atoms with Crippen LogP contribution >= 0.6 is 27.3 Å². The van der Waals surface area contributed by atoms with E-state index < -0.39 is 15.6 Å². The molecular weight excluding hydrogens is 326 g/mol. The summed E-state index contributed by atoms with van der Waals surface area (Å²) in [5, 5.41) is 0. The van der Waals surface area contributed by atoms with Crippen molar-refractivity contribution in [2.24, 2.45) is 0 Å². The predicted octanol–water partition coefficient (Wildman–Crippen LogP) is 2.28. The maximum absolute atomic E-state index is 12.2. The Bertz CT molecular complexity index is 518. The van der Waals surface area contributed by atoms with E-state index in [0.29, 0.717) is 24.5 Å². The maximum atomic E-state index is 12.2. The highest BCUT2D eigenvalue weighted by Crippen LogP contribution is 2.31. The lowest BCUT2D eigenvalue weighted by Gasteiger charge is -2.23. The van der Waals surface area contributed by atoms with E-state index >= 15 is 0 Å². The predicted molar refractivity (Wildman–Crippen MR) is 70.9 cm³/mol. The van der Waals surface area contributed by atoms with Crippen LogP contribution in [-0.2, 0) is 14.8 Å². The highest BCUT2D eigenvalue weighted by atomic mass is 79.9. The molecule has 4 nitrogen and oxygen atoms in total. The molecule has 96 valence electrons. The van der Waals surface area contributed by atoms with Crippen molar-refractivity contribution in [1.29, 1.82) is 0 Å². The molecule has 1 aromatic rings. The third-order valence-electron chi connectivity index (χ3n) is 2.73. The first-order chi connectivity index (χ1) is 7.82. The van der Waals surface area contributed by atoms with E-state index in [4.69, 9.17) is 4.74 Å². The van der Waals surface area contributed by atoms with Gasteiger partial charge in [-0.05, 0) is 42.3 Å². The summed E-state index contributed by atoms with van der Waals surface area (Å²) >= 11 is 4.72. The van der Waals surface area contributed by atoms with E-state index in [1.54, 1.807) is 13.0 Å². The van der Waals surface area contributed by atoms with Crippen molar-refractivity contribution < 1.29 is 13.2 Å². The van der Waals surface area contributed by atoms with Crippen LogP contribution in [0.2, 0.25) is 0 Å². The van der Waals surface area contributed by atoms with Crippen LogP contribution in [0.5, 0.6) is 0 Å². The highest BCUT2D eigenvalue weighted by Gasteiger charge is 2.35. The van der Waals surface area contributed by atoms with Crippen LogP contribution in [0.1, 0.15) is 18.2 Å². The first kappa shape index (κ1) is 13.5. The Morgan fingerprint density at radius 3 is 2.76 bits per heavy atom. The normalized spacial score (nSPS) is 25.4. The quantitative estimate of drug-likeness (QED) is 0.918. The van der Waals surface area contributed by atoms with Crippen LogP contribution in [0.15, 0.2) is 14.7 Å². The Kier molecular flexibility index (Phi) is 3.66. The Labute approximate surface area is 114 Å². The summed E-state index contributed by atoms with van der Waals surface area (Å²) in [6.45, 7) is 4.70. The molecule has 1 atom stereocenters. The van der Waals surface area contributed by atoms with Gasteiger partial charge in [0.25, 0.3) is 0 Å². The van der Waals surface area contributed by atoms with Crippen molar-refractivity contribution in [3.63, 3.8) is 0 Å². The van der Waals surface area contributed by atoms with Gasteiger partial charge in [0.15, 0.2) is 0 Å². The fourth-order valence-corrected chi connectivity index (χ4v) is 5.66. The smallest absolute Gasteiger partial charge is 0.242 e. The summed E-state index contributed by atoms with van der Waals surface area (Å²) in [5.74, 6) is 0. The molecule has 1 N–H and O–H groups in total. The Hall–Kier alpha value is 0.0500. The third-order valence-corrected chi connectivity index (χ3v) is 6.18. The molecule has 1 aliphatic heterocycles. The van der Waals surface area contributed by atoms with Gasteiger partial charge in [0, 0.05) is 11.5 Å². The number of halogens is 1. The fourth-order valence-electron chi connectivity index (χ4n) is 1.82. The first-order valence-corrected chi connectivity index (χ1v) is 8.29. The molecule has 1 aliphatic rings. The maximum Gasteiger partial charge on any atom is 0.242 e. The van der Waals surface area contributed by atoms with Crippen molar-refractivity contribution in [2.45, 2.75) is 30.7 Å². The number of rotatable bonds is 3. The van der Waals surface area contributed by atoms with Crippen LogP contribution in [0, 0.1) is 6.92 Å². The number of hydrogen-bond acceptors (Lipinski definition) is 4. The summed E-state index contributed by atoms with van der Waals surface area (Å²) < 4.78 is 33.3. The molecule has 17 heavy (non-hydrogen) atoms. The van der Waals surface area contributed by atoms with Crippen molar-refractivity contribution >= 4 is 37.3 Å². The van der Waals surface area contributed by atoms with Crippen molar-refractivity contribution in [3.8, 4) is 0 Å². The molecule has 1 saturated heterocycles. The van der Waals surface area contributed by atoms with E-state index in [2.05, 4.69) is 20.7 Å². The van der Waals surface area contributed by atoms with Crippen LogP contribution in [0.25, 0.3) is 0 Å². The minimum absolute atomic E-state index is 0.350. The SMILES string of the molecule is Cc1sc(Br)cc1S(=O)(=O)NC1(C)CCOC1. The highest BCUT2D eigenvalue weighted by molar-refractivity contribution is 9.11. The lowest BCUT2D eigenvalue weighted by molar-refractivity contribution is 0.178. The molecule has 0 spiro atoms. The number of thiophene rings is 1. The Balaban J connectivity index is 2.28. The summed E-state index contributed by atoms with van der Waals surface area (Å²) in [6, 6.07) is 1.64. The second-order valence-electron chi connectivity index (χ2n) is 4.44. The average molecular weight is 340 g/mol. The minimum atomic E-state index is -3.46. The second-order valence-corrected chi connectivity index (χ2v) is 8.73. The zero-order chi connectivity index (χ0) is 12.7. The summed E-state index contributed by atoms with van der Waals surface area (Å²) in [4.78, 5) is 1.13. The van der Waals surface area contributed by atoms with Crippen LogP contribution in [-0.4, -0.2) is 27.2 Å². The number of aryl methyl sites for hydroxylation is 1. The summed E-state index contributed by atoms with van der Waals surface area (Å²) in [7, 11) is -3.46. The minimum Gasteiger partial charge on any atom is -0.379 e. The van der Waals surface area contributed by atoms with Crippen LogP contribution in [0.3, 0.4) is 0 Å². The summed E-state index contributed by atoms with van der Waals surface area (Å²) in [5.41, 5.74) is -0.486. The second kappa shape index (κ2) is 4.62. The van der Waals surface area contributed by atoms with E-state index in [1.807, 2.05) is 6.92 Å². The van der Waals surface area contributed by atoms with E-state index in [9.17, 15) is 8.42 Å². The standard InChI is InChI=1S/C10H14BrNO3S2/c1-7-8(5-9(11)16-7)17(13,14)12-10(2)3-4-15-6-10/h5,12H,3-4,6H2,1-2H3. The lowest BCUT2D eigenvalue weighted by Crippen LogP contribution is -2.46. The third kappa shape index (κ3) is 2.90. The molecule has 0 aromatic carbocycles.